The smallest absolute Gasteiger partial charge is 0.391 e. The molecule has 1 aliphatic heterocycles. The topological polar surface area (TPSA) is 85.5 Å². The summed E-state index contributed by atoms with van der Waals surface area (Å²) in [6.07, 6.45) is -1.36. The molecular weight excluding hydrogens is 423 g/mol. The molecule has 6 nitrogen and oxygen atoms in total. The predicted octanol–water partition coefficient (Wildman–Crippen LogP) is 3.43. The zero-order chi connectivity index (χ0) is 21.7. The van der Waals surface area contributed by atoms with Crippen molar-refractivity contribution in [3.05, 3.63) is 23.0 Å². The average molecular weight is 446 g/mol. The third-order valence-corrected chi connectivity index (χ3v) is 6.93. The Kier molecular flexibility index (Phi) is 5.36. The van der Waals surface area contributed by atoms with Crippen LogP contribution in [0, 0.1) is 23.2 Å². The van der Waals surface area contributed by atoms with Gasteiger partial charge in [-0.2, -0.15) is 13.2 Å². The number of piperidine rings is 1. The maximum Gasteiger partial charge on any atom is 0.391 e. The summed E-state index contributed by atoms with van der Waals surface area (Å²) >= 11 is 5.93. The number of carbonyl (C=O) groups excluding carboxylic acids is 2. The summed E-state index contributed by atoms with van der Waals surface area (Å²) in [6, 6.07) is 1.49. The van der Waals surface area contributed by atoms with E-state index in [-0.39, 0.29) is 60.3 Å². The Bertz CT molecular complexity index is 857. The molecule has 0 aromatic carbocycles. The van der Waals surface area contributed by atoms with Gasteiger partial charge in [0.2, 0.25) is 5.91 Å². The van der Waals surface area contributed by atoms with E-state index in [4.69, 9.17) is 22.1 Å². The normalized spacial score (nSPS) is 30.7. The first kappa shape index (κ1) is 21.2. The third kappa shape index (κ3) is 4.08. The van der Waals surface area contributed by atoms with Crippen molar-refractivity contribution in [1.82, 2.24) is 9.88 Å². The molecule has 2 saturated carbocycles. The van der Waals surface area contributed by atoms with Crippen molar-refractivity contribution in [2.24, 2.45) is 28.9 Å². The first-order valence-electron chi connectivity index (χ1n) is 10.0. The molecule has 4 rings (SSSR count). The summed E-state index contributed by atoms with van der Waals surface area (Å²) < 4.78 is 44.4. The van der Waals surface area contributed by atoms with Crippen molar-refractivity contribution in [1.29, 1.82) is 0 Å². The summed E-state index contributed by atoms with van der Waals surface area (Å²) in [7, 11) is 0. The molecule has 0 radical (unpaired) electrons. The number of pyridine rings is 1. The van der Waals surface area contributed by atoms with E-state index >= 15 is 0 Å². The van der Waals surface area contributed by atoms with E-state index in [1.165, 1.54) is 12.3 Å². The SMILES string of the molecule is NC(=O)c1ncc(Cl)cc1OCC12CC1CN(C(=O)C1CCC(C(F)(F)F)CC1)C2. The molecule has 0 spiro atoms. The Labute approximate surface area is 176 Å². The molecule has 2 heterocycles. The highest BCUT2D eigenvalue weighted by Crippen LogP contribution is 2.58. The second kappa shape index (κ2) is 7.59. The van der Waals surface area contributed by atoms with Crippen LogP contribution in [0.3, 0.4) is 0 Å². The Morgan fingerprint density at radius 2 is 2.00 bits per heavy atom. The van der Waals surface area contributed by atoms with Crippen LogP contribution in [0.15, 0.2) is 12.3 Å². The number of fused-ring (bicyclic) bond motifs is 1. The van der Waals surface area contributed by atoms with Gasteiger partial charge in [0.05, 0.1) is 17.5 Å². The van der Waals surface area contributed by atoms with Gasteiger partial charge in [0.1, 0.15) is 0 Å². The minimum atomic E-state index is -4.18. The van der Waals surface area contributed by atoms with Crippen molar-refractivity contribution in [2.45, 2.75) is 38.3 Å². The Morgan fingerprint density at radius 3 is 2.63 bits per heavy atom. The lowest BCUT2D eigenvalue weighted by atomic mass is 9.81. The molecule has 2 aliphatic carbocycles. The Hall–Kier alpha value is -2.03. The van der Waals surface area contributed by atoms with Crippen LogP contribution in [0.1, 0.15) is 42.6 Å². The molecule has 2 atom stereocenters. The number of hydrogen-bond donors (Lipinski definition) is 1. The fraction of sp³-hybridized carbons (Fsp3) is 0.650. The Balaban J connectivity index is 1.34. The molecule has 3 aliphatic rings. The fourth-order valence-corrected chi connectivity index (χ4v) is 5.00. The summed E-state index contributed by atoms with van der Waals surface area (Å²) in [6.45, 7) is 1.40. The molecule has 2 unspecified atom stereocenters. The lowest BCUT2D eigenvalue weighted by Crippen LogP contribution is -2.40. The van der Waals surface area contributed by atoms with Crippen LogP contribution in [0.5, 0.6) is 5.75 Å². The standard InChI is InChI=1S/C20H23ClF3N3O3/c21-14-5-15(16(17(25)28)26-7-14)30-10-19-6-13(19)8-27(9-19)18(29)11-1-3-12(4-2-11)20(22,23)24/h5,7,11-13H,1-4,6,8-10H2,(H2,25,28). The quantitative estimate of drug-likeness (QED) is 0.752. The van der Waals surface area contributed by atoms with Crippen LogP contribution in [0.4, 0.5) is 13.2 Å². The first-order chi connectivity index (χ1) is 14.1. The van der Waals surface area contributed by atoms with Crippen molar-refractivity contribution in [2.75, 3.05) is 19.7 Å². The number of primary amides is 1. The molecule has 10 heteroatoms. The molecule has 1 aromatic heterocycles. The monoisotopic (exact) mass is 445 g/mol. The van der Waals surface area contributed by atoms with E-state index in [1.54, 1.807) is 4.90 Å². The lowest BCUT2D eigenvalue weighted by molar-refractivity contribution is -0.185. The van der Waals surface area contributed by atoms with Gasteiger partial charge in [-0.3, -0.25) is 9.59 Å². The third-order valence-electron chi connectivity index (χ3n) is 6.72. The predicted molar refractivity (Wildman–Crippen MR) is 102 cm³/mol. The molecule has 2 amide bonds. The molecule has 3 fully saturated rings. The van der Waals surface area contributed by atoms with Crippen molar-refractivity contribution in [3.63, 3.8) is 0 Å². The van der Waals surface area contributed by atoms with Gasteiger partial charge in [-0.1, -0.05) is 11.6 Å². The number of amides is 2. The number of likely N-dealkylation sites (tertiary alicyclic amines) is 1. The highest BCUT2D eigenvalue weighted by atomic mass is 35.5. The van der Waals surface area contributed by atoms with Gasteiger partial charge in [0, 0.05) is 36.7 Å². The molecule has 2 N–H and O–H groups in total. The van der Waals surface area contributed by atoms with E-state index in [1.807, 2.05) is 0 Å². The molecule has 30 heavy (non-hydrogen) atoms. The van der Waals surface area contributed by atoms with Gasteiger partial charge in [0.25, 0.3) is 5.91 Å². The van der Waals surface area contributed by atoms with Gasteiger partial charge in [-0.25, -0.2) is 4.98 Å². The number of aromatic nitrogens is 1. The number of halogens is 4. The van der Waals surface area contributed by atoms with Crippen LogP contribution >= 0.6 is 11.6 Å². The largest absolute Gasteiger partial charge is 0.490 e. The average Bonchev–Trinajstić information content (AvgIpc) is 3.25. The van der Waals surface area contributed by atoms with Crippen LogP contribution in [0.2, 0.25) is 5.02 Å². The van der Waals surface area contributed by atoms with E-state index in [2.05, 4.69) is 4.98 Å². The zero-order valence-corrected chi connectivity index (χ0v) is 17.0. The Morgan fingerprint density at radius 1 is 1.30 bits per heavy atom. The number of ether oxygens (including phenoxy) is 1. The number of rotatable bonds is 5. The van der Waals surface area contributed by atoms with E-state index in [0.717, 1.165) is 6.42 Å². The number of nitrogens with zero attached hydrogens (tertiary/aromatic N) is 2. The van der Waals surface area contributed by atoms with Gasteiger partial charge in [0.15, 0.2) is 11.4 Å². The highest BCUT2D eigenvalue weighted by molar-refractivity contribution is 6.30. The number of hydrogen-bond acceptors (Lipinski definition) is 4. The van der Waals surface area contributed by atoms with Crippen LogP contribution in [-0.2, 0) is 4.79 Å². The highest BCUT2D eigenvalue weighted by Gasteiger charge is 2.61. The molecule has 0 bridgehead atoms. The summed E-state index contributed by atoms with van der Waals surface area (Å²) in [5.41, 5.74) is 5.13. The van der Waals surface area contributed by atoms with Crippen LogP contribution in [-0.4, -0.2) is 47.6 Å². The zero-order valence-electron chi connectivity index (χ0n) is 16.3. The lowest BCUT2D eigenvalue weighted by Gasteiger charge is -2.32. The molecular formula is C20H23ClF3N3O3. The van der Waals surface area contributed by atoms with Crippen LogP contribution < -0.4 is 10.5 Å². The molecule has 1 aromatic rings. The molecule has 1 saturated heterocycles. The van der Waals surface area contributed by atoms with Crippen molar-refractivity contribution in [3.8, 4) is 5.75 Å². The van der Waals surface area contributed by atoms with Gasteiger partial charge in [-0.05, 0) is 38.0 Å². The maximum atomic E-state index is 12.9. The minimum absolute atomic E-state index is 0.000328. The maximum absolute atomic E-state index is 12.9. The number of alkyl halides is 3. The number of nitrogens with two attached hydrogens (primary N) is 1. The van der Waals surface area contributed by atoms with E-state index in [9.17, 15) is 22.8 Å². The summed E-state index contributed by atoms with van der Waals surface area (Å²) in [5, 5.41) is 0.317. The van der Waals surface area contributed by atoms with Gasteiger partial charge >= 0.3 is 6.18 Å². The number of carbonyl (C=O) groups is 2. The van der Waals surface area contributed by atoms with Crippen LogP contribution in [0.25, 0.3) is 0 Å². The van der Waals surface area contributed by atoms with E-state index in [0.29, 0.717) is 24.7 Å². The minimum Gasteiger partial charge on any atom is -0.490 e. The first-order valence-corrected chi connectivity index (χ1v) is 10.4. The van der Waals surface area contributed by atoms with Gasteiger partial charge in [-0.15, -0.1) is 0 Å². The second-order valence-electron chi connectivity index (χ2n) is 8.73. The van der Waals surface area contributed by atoms with Gasteiger partial charge < -0.3 is 15.4 Å². The summed E-state index contributed by atoms with van der Waals surface area (Å²) in [5.74, 6) is -1.90. The summed E-state index contributed by atoms with van der Waals surface area (Å²) in [4.78, 5) is 30.1. The molecule has 164 valence electrons. The van der Waals surface area contributed by atoms with Crippen molar-refractivity contribution < 1.29 is 27.5 Å². The fourth-order valence-electron chi connectivity index (χ4n) is 4.85. The second-order valence-corrected chi connectivity index (χ2v) is 9.16. The van der Waals surface area contributed by atoms with Crippen molar-refractivity contribution >= 4 is 23.4 Å². The van der Waals surface area contributed by atoms with E-state index < -0.39 is 18.0 Å².